The van der Waals surface area contributed by atoms with Crippen molar-refractivity contribution in [3.63, 3.8) is 0 Å². The molecular formula is C17H26O4. The lowest BCUT2D eigenvalue weighted by Crippen LogP contribution is -2.44. The molecule has 0 aromatic heterocycles. The summed E-state index contributed by atoms with van der Waals surface area (Å²) in [6.45, 7) is 8.16. The molecule has 118 valence electrons. The standard InChI is InChI=1S/C17H26O4/c1-5-10-11(6-2)17(8-4)9-16(10,7-3)12(14(18)19)13(17)15(20)21/h12-13H,5-9H2,1-4H3,(H,18,19)(H,20,21). The Kier molecular flexibility index (Phi) is 3.94. The van der Waals surface area contributed by atoms with E-state index in [0.717, 1.165) is 12.8 Å². The quantitative estimate of drug-likeness (QED) is 0.732. The fraction of sp³-hybridized carbons (Fsp3) is 0.765. The molecule has 0 spiro atoms. The highest BCUT2D eigenvalue weighted by Crippen LogP contribution is 2.73. The molecule has 2 aliphatic carbocycles. The van der Waals surface area contributed by atoms with Gasteiger partial charge >= 0.3 is 11.9 Å². The molecule has 0 aromatic rings. The van der Waals surface area contributed by atoms with Gasteiger partial charge in [0.2, 0.25) is 0 Å². The van der Waals surface area contributed by atoms with E-state index >= 15 is 0 Å². The van der Waals surface area contributed by atoms with Crippen molar-refractivity contribution in [3.8, 4) is 0 Å². The minimum Gasteiger partial charge on any atom is -0.481 e. The number of hydrogen-bond acceptors (Lipinski definition) is 2. The Morgan fingerprint density at radius 2 is 1.24 bits per heavy atom. The van der Waals surface area contributed by atoms with E-state index in [4.69, 9.17) is 0 Å². The molecule has 21 heavy (non-hydrogen) atoms. The van der Waals surface area contributed by atoms with Gasteiger partial charge in [-0.25, -0.2) is 0 Å². The van der Waals surface area contributed by atoms with E-state index in [1.165, 1.54) is 11.1 Å². The summed E-state index contributed by atoms with van der Waals surface area (Å²) in [5.41, 5.74) is 1.56. The van der Waals surface area contributed by atoms with Gasteiger partial charge in [0.05, 0.1) is 11.8 Å². The van der Waals surface area contributed by atoms with Crippen molar-refractivity contribution in [2.45, 2.75) is 59.8 Å². The van der Waals surface area contributed by atoms with Crippen LogP contribution in [0.3, 0.4) is 0 Å². The van der Waals surface area contributed by atoms with Crippen LogP contribution >= 0.6 is 0 Å². The van der Waals surface area contributed by atoms with Gasteiger partial charge in [-0.3, -0.25) is 9.59 Å². The fourth-order valence-electron chi connectivity index (χ4n) is 5.62. The zero-order chi connectivity index (χ0) is 16.0. The van der Waals surface area contributed by atoms with Gasteiger partial charge in [0.25, 0.3) is 0 Å². The van der Waals surface area contributed by atoms with E-state index in [1.807, 2.05) is 13.8 Å². The van der Waals surface area contributed by atoms with Gasteiger partial charge in [-0.2, -0.15) is 0 Å². The van der Waals surface area contributed by atoms with Crippen LogP contribution < -0.4 is 0 Å². The topological polar surface area (TPSA) is 74.6 Å². The Labute approximate surface area is 126 Å². The second kappa shape index (κ2) is 5.15. The van der Waals surface area contributed by atoms with Crippen molar-refractivity contribution >= 4 is 11.9 Å². The van der Waals surface area contributed by atoms with Crippen LogP contribution in [0.4, 0.5) is 0 Å². The Balaban J connectivity index is 2.77. The van der Waals surface area contributed by atoms with Gasteiger partial charge in [0, 0.05) is 10.8 Å². The van der Waals surface area contributed by atoms with Crippen LogP contribution in [-0.4, -0.2) is 22.2 Å². The molecule has 1 saturated carbocycles. The zero-order valence-corrected chi connectivity index (χ0v) is 13.4. The molecule has 0 amide bonds. The Hall–Kier alpha value is -1.32. The molecule has 2 bridgehead atoms. The summed E-state index contributed by atoms with van der Waals surface area (Å²) in [5.74, 6) is -3.46. The van der Waals surface area contributed by atoms with Gasteiger partial charge in [0.1, 0.15) is 0 Å². The summed E-state index contributed by atoms with van der Waals surface area (Å²) in [4.78, 5) is 23.8. The van der Waals surface area contributed by atoms with Crippen LogP contribution in [0.15, 0.2) is 11.1 Å². The van der Waals surface area contributed by atoms with Gasteiger partial charge in [-0.1, -0.05) is 38.8 Å². The number of carbonyl (C=O) groups is 2. The van der Waals surface area contributed by atoms with Crippen molar-refractivity contribution < 1.29 is 19.8 Å². The average Bonchev–Trinajstić information content (AvgIpc) is 2.92. The highest BCUT2D eigenvalue weighted by atomic mass is 16.4. The molecule has 2 N–H and O–H groups in total. The van der Waals surface area contributed by atoms with E-state index in [0.29, 0.717) is 19.3 Å². The SMILES string of the molecule is CCC1=C(CC)C2(CC)CC1(CC)C(C(=O)O)C2C(=O)O. The molecule has 1 fully saturated rings. The summed E-state index contributed by atoms with van der Waals surface area (Å²) in [5, 5.41) is 19.5. The van der Waals surface area contributed by atoms with Crippen LogP contribution in [0.5, 0.6) is 0 Å². The Morgan fingerprint density at radius 3 is 1.43 bits per heavy atom. The largest absolute Gasteiger partial charge is 0.481 e. The number of carboxylic acids is 2. The van der Waals surface area contributed by atoms with Crippen LogP contribution in [-0.2, 0) is 9.59 Å². The van der Waals surface area contributed by atoms with Gasteiger partial charge < -0.3 is 10.2 Å². The molecule has 0 aliphatic heterocycles. The molecule has 0 heterocycles. The maximum Gasteiger partial charge on any atom is 0.308 e. The molecule has 2 aliphatic rings. The molecule has 4 atom stereocenters. The van der Waals surface area contributed by atoms with Crippen molar-refractivity contribution in [1.29, 1.82) is 0 Å². The summed E-state index contributed by atoms with van der Waals surface area (Å²) in [6, 6.07) is 0. The molecule has 4 heteroatoms. The Morgan fingerprint density at radius 1 is 0.905 bits per heavy atom. The van der Waals surface area contributed by atoms with Crippen LogP contribution in [0.2, 0.25) is 0 Å². The monoisotopic (exact) mass is 294 g/mol. The first-order valence-corrected chi connectivity index (χ1v) is 8.04. The van der Waals surface area contributed by atoms with E-state index in [1.54, 1.807) is 0 Å². The molecule has 0 radical (unpaired) electrons. The van der Waals surface area contributed by atoms with Crippen molar-refractivity contribution in [3.05, 3.63) is 11.1 Å². The number of fused-ring (bicyclic) bond motifs is 2. The molecule has 4 nitrogen and oxygen atoms in total. The summed E-state index contributed by atoms with van der Waals surface area (Å²) in [7, 11) is 0. The third kappa shape index (κ3) is 1.74. The number of allylic oxidation sites excluding steroid dienone is 2. The maximum absolute atomic E-state index is 11.9. The van der Waals surface area contributed by atoms with Crippen LogP contribution in [0, 0.1) is 22.7 Å². The minimum absolute atomic E-state index is 0.453. The first-order valence-electron chi connectivity index (χ1n) is 8.04. The third-order valence-corrected chi connectivity index (χ3v) is 6.22. The summed E-state index contributed by atoms with van der Waals surface area (Å²) >= 11 is 0. The normalized spacial score (nSPS) is 38.1. The lowest BCUT2D eigenvalue weighted by atomic mass is 9.61. The van der Waals surface area contributed by atoms with E-state index in [-0.39, 0.29) is 0 Å². The van der Waals surface area contributed by atoms with E-state index in [2.05, 4.69) is 13.8 Å². The Bertz CT molecular complexity index is 463. The number of hydrogen-bond donors (Lipinski definition) is 2. The fourth-order valence-corrected chi connectivity index (χ4v) is 5.62. The predicted molar refractivity (Wildman–Crippen MR) is 79.9 cm³/mol. The highest BCUT2D eigenvalue weighted by Gasteiger charge is 2.70. The van der Waals surface area contributed by atoms with Gasteiger partial charge in [-0.15, -0.1) is 0 Å². The maximum atomic E-state index is 11.9. The third-order valence-electron chi connectivity index (χ3n) is 6.22. The molecular weight excluding hydrogens is 268 g/mol. The van der Waals surface area contributed by atoms with Crippen LogP contribution in [0.25, 0.3) is 0 Å². The number of aliphatic carboxylic acids is 2. The first-order chi connectivity index (χ1) is 9.86. The second-order valence-corrected chi connectivity index (χ2v) is 6.49. The van der Waals surface area contributed by atoms with Crippen molar-refractivity contribution in [1.82, 2.24) is 0 Å². The van der Waals surface area contributed by atoms with E-state index < -0.39 is 34.6 Å². The smallest absolute Gasteiger partial charge is 0.308 e. The van der Waals surface area contributed by atoms with Gasteiger partial charge in [-0.05, 0) is 32.1 Å². The number of rotatable bonds is 6. The second-order valence-electron chi connectivity index (χ2n) is 6.49. The number of carboxylic acid groups (broad SMARTS) is 2. The van der Waals surface area contributed by atoms with E-state index in [9.17, 15) is 19.8 Å². The first kappa shape index (κ1) is 16.1. The summed E-state index contributed by atoms with van der Waals surface area (Å²) in [6.07, 6.45) is 3.78. The highest BCUT2D eigenvalue weighted by molar-refractivity contribution is 5.85. The lowest BCUT2D eigenvalue weighted by Gasteiger charge is -2.41. The average molecular weight is 294 g/mol. The van der Waals surface area contributed by atoms with Crippen LogP contribution in [0.1, 0.15) is 59.8 Å². The van der Waals surface area contributed by atoms with Crippen molar-refractivity contribution in [2.75, 3.05) is 0 Å². The lowest BCUT2D eigenvalue weighted by molar-refractivity contribution is -0.158. The molecule has 4 unspecified atom stereocenters. The molecule has 0 aromatic carbocycles. The summed E-state index contributed by atoms with van der Waals surface area (Å²) < 4.78 is 0. The van der Waals surface area contributed by atoms with Crippen molar-refractivity contribution in [2.24, 2.45) is 22.7 Å². The molecule has 2 rings (SSSR count). The zero-order valence-electron chi connectivity index (χ0n) is 13.4. The molecule has 0 saturated heterocycles. The van der Waals surface area contributed by atoms with Gasteiger partial charge in [0.15, 0.2) is 0 Å². The minimum atomic E-state index is -0.944. The predicted octanol–water partition coefficient (Wildman–Crippen LogP) is 3.71.